The van der Waals surface area contributed by atoms with Crippen LogP contribution in [-0.4, -0.2) is 47.5 Å². The largest absolute Gasteiger partial charge is 0.431 e. The van der Waals surface area contributed by atoms with E-state index in [1.54, 1.807) is 6.07 Å². The number of aromatic nitrogens is 1. The van der Waals surface area contributed by atoms with Gasteiger partial charge in [-0.25, -0.2) is 9.38 Å². The molecule has 0 unspecified atom stereocenters. The second kappa shape index (κ2) is 11.6. The molecule has 0 aliphatic carbocycles. The van der Waals surface area contributed by atoms with E-state index in [-0.39, 0.29) is 23.7 Å². The van der Waals surface area contributed by atoms with Gasteiger partial charge in [-0.2, -0.15) is 13.2 Å². The van der Waals surface area contributed by atoms with Crippen LogP contribution in [0.3, 0.4) is 0 Å². The van der Waals surface area contributed by atoms with Crippen molar-refractivity contribution in [3.8, 4) is 11.1 Å². The molecule has 1 amide bonds. The summed E-state index contributed by atoms with van der Waals surface area (Å²) in [6, 6.07) is 16.6. The molecule has 4 N–H and O–H groups in total. The van der Waals surface area contributed by atoms with Crippen molar-refractivity contribution >= 4 is 39.8 Å². The summed E-state index contributed by atoms with van der Waals surface area (Å²) in [6.07, 6.45) is -0.275. The van der Waals surface area contributed by atoms with Crippen molar-refractivity contribution in [3.05, 3.63) is 95.5 Å². The maximum absolute atomic E-state index is 15.8. The average Bonchev–Trinajstić information content (AvgIpc) is 3.62. The lowest BCUT2D eigenvalue weighted by atomic mass is 9.98. The number of allylic oxidation sites excluding steroid dienone is 2. The van der Waals surface area contributed by atoms with Gasteiger partial charge in [-0.1, -0.05) is 47.6 Å². The molecule has 2 aliphatic heterocycles. The fourth-order valence-corrected chi connectivity index (χ4v) is 5.53. The number of carbonyl (C=O) groups excluding carboxylic acids is 1. The molecule has 0 radical (unpaired) electrons. The number of rotatable bonds is 5. The molecule has 4 aromatic rings. The zero-order valence-corrected chi connectivity index (χ0v) is 23.4. The fraction of sp³-hybridized carbons (Fsp3) is 0.219. The van der Waals surface area contributed by atoms with Crippen molar-refractivity contribution in [2.24, 2.45) is 10.7 Å². The molecule has 8 nitrogen and oxygen atoms in total. The monoisotopic (exact) mass is 604 g/mol. The first-order valence-corrected chi connectivity index (χ1v) is 14.0. The highest BCUT2D eigenvalue weighted by Crippen LogP contribution is 2.34. The van der Waals surface area contributed by atoms with Gasteiger partial charge in [-0.15, -0.1) is 0 Å². The van der Waals surface area contributed by atoms with Crippen molar-refractivity contribution in [3.63, 3.8) is 0 Å². The number of alkyl halides is 3. The van der Waals surface area contributed by atoms with Gasteiger partial charge in [0.05, 0.1) is 16.8 Å². The maximum Gasteiger partial charge on any atom is 0.431 e. The predicted molar refractivity (Wildman–Crippen MR) is 161 cm³/mol. The number of carbonyl (C=O) groups is 1. The topological polar surface area (TPSA) is 114 Å². The number of halogens is 4. The average molecular weight is 605 g/mol. The molecule has 6 rings (SSSR count). The fourth-order valence-electron chi connectivity index (χ4n) is 5.53. The van der Waals surface area contributed by atoms with Gasteiger partial charge >= 0.3 is 6.18 Å². The number of nitrogen functional groups attached to an aromatic ring is 1. The molecule has 12 heteroatoms. The predicted octanol–water partition coefficient (Wildman–Crippen LogP) is 6.26. The molecule has 2 aliphatic rings. The van der Waals surface area contributed by atoms with Crippen molar-refractivity contribution in [1.82, 2.24) is 10.1 Å². The standard InChI is InChI=1S/C32H28F4N6O2/c33-25-16-19(22-7-2-1-6-20(22)18-41-13-3-4-14-41)9-11-26(25)42-15-5-8-23(29(37)32(34,35)36)28(31(42)43)39-21-10-12-27-24(17-21)30(38)40-44-27/h1-2,5-12,16-17H,3-4,13-15,18,37H2,(H2,38,40). The van der Waals surface area contributed by atoms with E-state index >= 15 is 4.39 Å². The number of aliphatic imine (C=N–C) groups is 1. The van der Waals surface area contributed by atoms with E-state index in [9.17, 15) is 18.0 Å². The zero-order chi connectivity index (χ0) is 31.0. The van der Waals surface area contributed by atoms with Crippen molar-refractivity contribution < 1.29 is 26.9 Å². The third-order valence-electron chi connectivity index (χ3n) is 7.75. The number of anilines is 2. The Balaban J connectivity index is 1.39. The number of nitrogens with two attached hydrogens (primary N) is 2. The van der Waals surface area contributed by atoms with Crippen LogP contribution in [0.1, 0.15) is 18.4 Å². The summed E-state index contributed by atoms with van der Waals surface area (Å²) in [5.74, 6) is -1.63. The first-order valence-electron chi connectivity index (χ1n) is 14.0. The minimum atomic E-state index is -4.95. The van der Waals surface area contributed by atoms with Crippen LogP contribution in [-0.2, 0) is 11.3 Å². The number of hydrogen-bond acceptors (Lipinski definition) is 7. The van der Waals surface area contributed by atoms with E-state index < -0.39 is 34.9 Å². The highest BCUT2D eigenvalue weighted by molar-refractivity contribution is 6.51. The van der Waals surface area contributed by atoms with Gasteiger partial charge in [0.15, 0.2) is 11.4 Å². The molecule has 1 saturated heterocycles. The smallest absolute Gasteiger partial charge is 0.394 e. The number of fused-ring (bicyclic) bond motifs is 1. The lowest BCUT2D eigenvalue weighted by Crippen LogP contribution is -2.38. The lowest BCUT2D eigenvalue weighted by Gasteiger charge is -2.23. The SMILES string of the molecule is NC(=C1C=CCN(c2ccc(-c3ccccc3CN3CCCC3)cc2F)C(=O)C1=Nc1ccc2onc(N)c2c1)C(F)(F)F. The Hall–Kier alpha value is -4.97. The van der Waals surface area contributed by atoms with Crippen LogP contribution in [0, 0.1) is 5.82 Å². The molecule has 3 heterocycles. The van der Waals surface area contributed by atoms with Gasteiger partial charge in [0.25, 0.3) is 5.91 Å². The second-order valence-corrected chi connectivity index (χ2v) is 10.7. The normalized spacial score (nSPS) is 18.4. The van der Waals surface area contributed by atoms with Crippen molar-refractivity contribution in [2.45, 2.75) is 25.6 Å². The van der Waals surface area contributed by atoms with Crippen LogP contribution in [0.4, 0.5) is 34.8 Å². The number of benzene rings is 3. The minimum absolute atomic E-state index is 0.0468. The molecule has 1 aromatic heterocycles. The van der Waals surface area contributed by atoms with Gasteiger partial charge in [0.1, 0.15) is 17.2 Å². The summed E-state index contributed by atoms with van der Waals surface area (Å²) in [4.78, 5) is 21.5. The van der Waals surface area contributed by atoms with Crippen LogP contribution in [0.2, 0.25) is 0 Å². The first kappa shape index (κ1) is 29.1. The molecule has 44 heavy (non-hydrogen) atoms. The number of hydrogen-bond donors (Lipinski definition) is 2. The Morgan fingerprint density at radius 2 is 1.82 bits per heavy atom. The molecule has 0 atom stereocenters. The Labute approximate surface area is 249 Å². The molecule has 3 aromatic carbocycles. The highest BCUT2D eigenvalue weighted by atomic mass is 19.4. The summed E-state index contributed by atoms with van der Waals surface area (Å²) < 4.78 is 62.2. The van der Waals surface area contributed by atoms with Gasteiger partial charge in [0.2, 0.25) is 0 Å². The van der Waals surface area contributed by atoms with Crippen LogP contribution in [0.5, 0.6) is 0 Å². The van der Waals surface area contributed by atoms with Crippen molar-refractivity contribution in [2.75, 3.05) is 30.3 Å². The van der Waals surface area contributed by atoms with Gasteiger partial charge in [-0.05, 0) is 73.0 Å². The van der Waals surface area contributed by atoms with E-state index in [1.807, 2.05) is 24.3 Å². The lowest BCUT2D eigenvalue weighted by molar-refractivity contribution is -0.112. The molecule has 0 bridgehead atoms. The number of nitrogens with zero attached hydrogens (tertiary/aromatic N) is 4. The molecular weight excluding hydrogens is 576 g/mol. The van der Waals surface area contributed by atoms with Gasteiger partial charge in [0, 0.05) is 18.7 Å². The summed E-state index contributed by atoms with van der Waals surface area (Å²) in [5, 5.41) is 4.02. The van der Waals surface area contributed by atoms with Gasteiger partial charge < -0.3 is 20.9 Å². The molecule has 0 spiro atoms. The first-order chi connectivity index (χ1) is 21.1. The maximum atomic E-state index is 15.8. The molecule has 1 fully saturated rings. The summed E-state index contributed by atoms with van der Waals surface area (Å²) in [7, 11) is 0. The second-order valence-electron chi connectivity index (χ2n) is 10.7. The van der Waals surface area contributed by atoms with E-state index in [0.29, 0.717) is 16.5 Å². The van der Waals surface area contributed by atoms with E-state index in [4.69, 9.17) is 16.0 Å². The number of amides is 1. The molecule has 226 valence electrons. The van der Waals surface area contributed by atoms with Crippen molar-refractivity contribution in [1.29, 1.82) is 0 Å². The minimum Gasteiger partial charge on any atom is -0.394 e. The summed E-state index contributed by atoms with van der Waals surface area (Å²) >= 11 is 0. The van der Waals surface area contributed by atoms with E-state index in [1.165, 1.54) is 36.4 Å². The van der Waals surface area contributed by atoms with Crippen LogP contribution >= 0.6 is 0 Å². The molecular formula is C32H28F4N6O2. The zero-order valence-electron chi connectivity index (χ0n) is 23.4. The van der Waals surface area contributed by atoms with E-state index in [0.717, 1.165) is 54.6 Å². The Kier molecular flexibility index (Phi) is 7.68. The Morgan fingerprint density at radius 1 is 1.05 bits per heavy atom. The summed E-state index contributed by atoms with van der Waals surface area (Å²) in [5.41, 5.74) is 11.4. The van der Waals surface area contributed by atoms with E-state index in [2.05, 4.69) is 15.0 Å². The molecule has 0 saturated carbocycles. The quantitative estimate of drug-likeness (QED) is 0.260. The summed E-state index contributed by atoms with van der Waals surface area (Å²) in [6.45, 7) is 2.53. The third kappa shape index (κ3) is 5.68. The van der Waals surface area contributed by atoms with Crippen LogP contribution < -0.4 is 16.4 Å². The third-order valence-corrected chi connectivity index (χ3v) is 7.75. The van der Waals surface area contributed by atoms with Crippen LogP contribution in [0.15, 0.2) is 93.6 Å². The number of likely N-dealkylation sites (tertiary alicyclic amines) is 1. The van der Waals surface area contributed by atoms with Crippen LogP contribution in [0.25, 0.3) is 22.1 Å². The Morgan fingerprint density at radius 3 is 2.57 bits per heavy atom. The Bertz CT molecular complexity index is 1840. The highest BCUT2D eigenvalue weighted by Gasteiger charge is 2.38. The van der Waals surface area contributed by atoms with Gasteiger partial charge in [-0.3, -0.25) is 9.69 Å².